The predicted molar refractivity (Wildman–Crippen MR) is 68.1 cm³/mol. The number of aryl methyl sites for hydroxylation is 1. The summed E-state index contributed by atoms with van der Waals surface area (Å²) in [6, 6.07) is 3.22. The lowest BCUT2D eigenvalue weighted by Gasteiger charge is -2.12. The Bertz CT molecular complexity index is 500. The number of hydrogen-bond donors (Lipinski definition) is 2. The first-order valence-electron chi connectivity index (χ1n) is 5.44. The first-order valence-corrected chi connectivity index (χ1v) is 5.44. The van der Waals surface area contributed by atoms with Crippen LogP contribution in [0.4, 0.5) is 10.5 Å². The zero-order valence-corrected chi connectivity index (χ0v) is 10.5. The smallest absolute Gasteiger partial charge is 0.409 e. The van der Waals surface area contributed by atoms with Crippen LogP contribution in [0.15, 0.2) is 12.1 Å². The van der Waals surface area contributed by atoms with Crippen LogP contribution in [0.1, 0.15) is 19.4 Å². The minimum atomic E-state index is -1.13. The van der Waals surface area contributed by atoms with Crippen molar-refractivity contribution in [2.75, 3.05) is 11.9 Å². The maximum Gasteiger partial charge on any atom is 0.409 e. The molecule has 1 rings (SSSR count). The minimum Gasteiger partial charge on any atom is -0.490 e. The van der Waals surface area contributed by atoms with Gasteiger partial charge in [-0.15, -0.1) is 0 Å². The van der Waals surface area contributed by atoms with E-state index in [0.717, 1.165) is 5.56 Å². The van der Waals surface area contributed by atoms with Crippen LogP contribution in [-0.2, 0) is 0 Å². The van der Waals surface area contributed by atoms with Gasteiger partial charge < -0.3 is 14.6 Å². The van der Waals surface area contributed by atoms with Crippen LogP contribution in [0.5, 0.6) is 11.5 Å². The third-order valence-electron chi connectivity index (χ3n) is 2.05. The maximum atomic E-state index is 10.6. The van der Waals surface area contributed by atoms with Gasteiger partial charge in [0.1, 0.15) is 6.11 Å². The van der Waals surface area contributed by atoms with E-state index < -0.39 is 6.09 Å². The molecule has 0 fully saturated rings. The van der Waals surface area contributed by atoms with Gasteiger partial charge in [-0.2, -0.15) is 0 Å². The fourth-order valence-corrected chi connectivity index (χ4v) is 1.43. The van der Waals surface area contributed by atoms with Gasteiger partial charge >= 0.3 is 6.09 Å². The zero-order chi connectivity index (χ0) is 13.5. The molecule has 1 aromatic rings. The number of carboxylic acid groups (broad SMARTS) is 1. The first kappa shape index (κ1) is 13.7. The van der Waals surface area contributed by atoms with Gasteiger partial charge in [0, 0.05) is 18.7 Å². The molecule has 0 saturated carbocycles. The number of anilines is 1. The van der Waals surface area contributed by atoms with Crippen LogP contribution in [-0.4, -0.2) is 17.8 Å². The Morgan fingerprint density at radius 2 is 2.22 bits per heavy atom. The molecule has 5 heteroatoms. The highest BCUT2D eigenvalue weighted by atomic mass is 16.5. The molecule has 0 bridgehead atoms. The second-order valence-electron chi connectivity index (χ2n) is 3.44. The average molecular weight is 249 g/mol. The number of benzene rings is 1. The summed E-state index contributed by atoms with van der Waals surface area (Å²) in [7, 11) is 0. The number of ether oxygens (including phenoxy) is 2. The van der Waals surface area contributed by atoms with Crippen molar-refractivity contribution in [2.24, 2.45) is 0 Å². The lowest BCUT2D eigenvalue weighted by Crippen LogP contribution is -2.08. The third kappa shape index (κ3) is 3.59. The van der Waals surface area contributed by atoms with Crippen molar-refractivity contribution in [3.05, 3.63) is 17.7 Å². The van der Waals surface area contributed by atoms with Crippen molar-refractivity contribution < 1.29 is 19.4 Å². The number of rotatable bonds is 4. The summed E-state index contributed by atoms with van der Waals surface area (Å²) in [5.74, 6) is 3.59. The highest BCUT2D eigenvalue weighted by Crippen LogP contribution is 2.34. The Morgan fingerprint density at radius 3 is 2.78 bits per heavy atom. The number of hydrogen-bond acceptors (Lipinski definition) is 3. The van der Waals surface area contributed by atoms with E-state index in [0.29, 0.717) is 23.8 Å². The van der Waals surface area contributed by atoms with Crippen molar-refractivity contribution in [1.82, 2.24) is 0 Å². The second-order valence-corrected chi connectivity index (χ2v) is 3.44. The zero-order valence-electron chi connectivity index (χ0n) is 10.5. The Labute approximate surface area is 106 Å². The average Bonchev–Trinajstić information content (AvgIpc) is 2.27. The largest absolute Gasteiger partial charge is 0.490 e. The summed E-state index contributed by atoms with van der Waals surface area (Å²) >= 11 is 0. The fourth-order valence-electron chi connectivity index (χ4n) is 1.43. The van der Waals surface area contributed by atoms with Crippen molar-refractivity contribution in [2.45, 2.75) is 20.8 Å². The summed E-state index contributed by atoms with van der Waals surface area (Å²) in [5, 5.41) is 11.0. The number of nitrogens with one attached hydrogen (secondary N) is 1. The van der Waals surface area contributed by atoms with E-state index in [9.17, 15) is 4.79 Å². The van der Waals surface area contributed by atoms with Gasteiger partial charge in [-0.1, -0.05) is 5.92 Å². The van der Waals surface area contributed by atoms with Crippen LogP contribution in [0.2, 0.25) is 0 Å². The molecule has 0 spiro atoms. The van der Waals surface area contributed by atoms with E-state index in [4.69, 9.17) is 14.6 Å². The summed E-state index contributed by atoms with van der Waals surface area (Å²) in [5.41, 5.74) is 1.17. The van der Waals surface area contributed by atoms with E-state index in [-0.39, 0.29) is 0 Å². The van der Waals surface area contributed by atoms with E-state index >= 15 is 0 Å². The molecule has 0 heterocycles. The molecule has 0 unspecified atom stereocenters. The SMILES string of the molecule is CC#COc1c(C)cc(NC(=O)O)cc1OCC. The van der Waals surface area contributed by atoms with Gasteiger partial charge in [-0.05, 0) is 25.5 Å². The molecule has 1 aromatic carbocycles. The minimum absolute atomic E-state index is 0.431. The van der Waals surface area contributed by atoms with Gasteiger partial charge in [0.25, 0.3) is 0 Å². The summed E-state index contributed by atoms with van der Waals surface area (Å²) in [6.07, 6.45) is 1.37. The van der Waals surface area contributed by atoms with Crippen LogP contribution < -0.4 is 14.8 Å². The monoisotopic (exact) mass is 249 g/mol. The maximum absolute atomic E-state index is 10.6. The highest BCUT2D eigenvalue weighted by Gasteiger charge is 2.12. The van der Waals surface area contributed by atoms with Crippen LogP contribution in [0, 0.1) is 19.0 Å². The fraction of sp³-hybridized carbons (Fsp3) is 0.308. The summed E-state index contributed by atoms with van der Waals surface area (Å²) in [4.78, 5) is 10.6. The summed E-state index contributed by atoms with van der Waals surface area (Å²) in [6.45, 7) is 5.74. The molecule has 5 nitrogen and oxygen atoms in total. The summed E-state index contributed by atoms with van der Waals surface area (Å²) < 4.78 is 10.7. The van der Waals surface area contributed by atoms with Crippen molar-refractivity contribution in [1.29, 1.82) is 0 Å². The molecule has 0 radical (unpaired) electrons. The molecule has 1 amide bonds. The van der Waals surface area contributed by atoms with E-state index in [1.165, 1.54) is 0 Å². The Morgan fingerprint density at radius 1 is 1.50 bits per heavy atom. The Balaban J connectivity index is 3.15. The number of amides is 1. The van der Waals surface area contributed by atoms with Gasteiger partial charge in [-0.25, -0.2) is 4.79 Å². The molecular weight excluding hydrogens is 234 g/mol. The van der Waals surface area contributed by atoms with Crippen LogP contribution >= 0.6 is 0 Å². The van der Waals surface area contributed by atoms with E-state index in [1.807, 2.05) is 6.92 Å². The first-order chi connectivity index (χ1) is 8.58. The van der Waals surface area contributed by atoms with Crippen LogP contribution in [0.25, 0.3) is 0 Å². The lowest BCUT2D eigenvalue weighted by atomic mass is 10.2. The quantitative estimate of drug-likeness (QED) is 0.805. The van der Waals surface area contributed by atoms with Crippen molar-refractivity contribution in [3.8, 4) is 23.5 Å². The van der Waals surface area contributed by atoms with Gasteiger partial charge in [0.2, 0.25) is 0 Å². The highest BCUT2D eigenvalue weighted by molar-refractivity contribution is 5.83. The predicted octanol–water partition coefficient (Wildman–Crippen LogP) is 2.84. The van der Waals surface area contributed by atoms with Crippen molar-refractivity contribution in [3.63, 3.8) is 0 Å². The molecule has 0 atom stereocenters. The molecule has 96 valence electrons. The van der Waals surface area contributed by atoms with E-state index in [1.54, 1.807) is 26.0 Å². The normalized spacial score (nSPS) is 9.06. The molecule has 0 aliphatic rings. The second kappa shape index (κ2) is 6.40. The molecule has 0 saturated heterocycles. The van der Waals surface area contributed by atoms with E-state index in [2.05, 4.69) is 17.3 Å². The molecule has 0 aliphatic heterocycles. The third-order valence-corrected chi connectivity index (χ3v) is 2.05. The lowest BCUT2D eigenvalue weighted by molar-refractivity contribution is 0.209. The van der Waals surface area contributed by atoms with Gasteiger partial charge in [0.15, 0.2) is 11.5 Å². The van der Waals surface area contributed by atoms with Crippen LogP contribution in [0.3, 0.4) is 0 Å². The molecule has 0 aliphatic carbocycles. The molecule has 2 N–H and O–H groups in total. The Kier molecular flexibility index (Phi) is 4.88. The molecule has 18 heavy (non-hydrogen) atoms. The van der Waals surface area contributed by atoms with Crippen molar-refractivity contribution >= 4 is 11.8 Å². The van der Waals surface area contributed by atoms with Gasteiger partial charge in [0.05, 0.1) is 6.61 Å². The molecular formula is C13H15NO4. The van der Waals surface area contributed by atoms with Gasteiger partial charge in [-0.3, -0.25) is 5.32 Å². The standard InChI is InChI=1S/C13H15NO4/c1-4-6-18-12-9(3)7-10(14-13(15)16)8-11(12)17-5-2/h7-8,14H,5H2,1-3H3,(H,15,16). The molecule has 0 aromatic heterocycles. The Hall–Kier alpha value is -2.35. The number of carbonyl (C=O) groups is 1. The topological polar surface area (TPSA) is 67.8 Å².